The summed E-state index contributed by atoms with van der Waals surface area (Å²) in [6.45, 7) is 0. The second-order valence-corrected chi connectivity index (χ2v) is 3.71. The molecule has 15 heavy (non-hydrogen) atoms. The molecule has 1 unspecified atom stereocenters. The van der Waals surface area contributed by atoms with Crippen LogP contribution in [0.2, 0.25) is 0 Å². The smallest absolute Gasteiger partial charge is 0.181 e. The summed E-state index contributed by atoms with van der Waals surface area (Å²) in [5, 5.41) is 2.99. The van der Waals surface area contributed by atoms with Gasteiger partial charge in [-0.2, -0.15) is 0 Å². The highest BCUT2D eigenvalue weighted by Gasteiger charge is 2.12. The molecule has 1 nitrogen and oxygen atoms in total. The van der Waals surface area contributed by atoms with Crippen molar-refractivity contribution in [2.24, 2.45) is 0 Å². The second-order valence-electron chi connectivity index (χ2n) is 3.71. The lowest BCUT2D eigenvalue weighted by molar-refractivity contribution is 0.509. The van der Waals surface area contributed by atoms with Crippen LogP contribution in [0.3, 0.4) is 0 Å². The van der Waals surface area contributed by atoms with Gasteiger partial charge in [-0.3, -0.25) is 0 Å². The van der Waals surface area contributed by atoms with Crippen LogP contribution < -0.4 is 5.32 Å². The standard InChI is InChI=1S/C12H13F2N/c13-10-7-4-8-11(12(10)14)15-9-5-2-1-3-6-9/h2,4-5,7-9,15H,1,3,6H2. The first-order valence-corrected chi connectivity index (χ1v) is 5.14. The van der Waals surface area contributed by atoms with Gasteiger partial charge in [0.1, 0.15) is 0 Å². The quantitative estimate of drug-likeness (QED) is 0.735. The Hall–Kier alpha value is -1.38. The lowest BCUT2D eigenvalue weighted by atomic mass is 10.0. The maximum absolute atomic E-state index is 13.3. The minimum atomic E-state index is -0.806. The zero-order chi connectivity index (χ0) is 10.7. The fraction of sp³-hybridized carbons (Fsp3) is 0.333. The Morgan fingerprint density at radius 1 is 1.27 bits per heavy atom. The van der Waals surface area contributed by atoms with Gasteiger partial charge in [-0.15, -0.1) is 0 Å². The number of hydrogen-bond donors (Lipinski definition) is 1. The number of benzene rings is 1. The highest BCUT2D eigenvalue weighted by Crippen LogP contribution is 2.20. The van der Waals surface area contributed by atoms with E-state index >= 15 is 0 Å². The van der Waals surface area contributed by atoms with E-state index in [2.05, 4.69) is 11.4 Å². The van der Waals surface area contributed by atoms with Crippen molar-refractivity contribution in [3.8, 4) is 0 Å². The summed E-state index contributed by atoms with van der Waals surface area (Å²) in [6, 6.07) is 4.31. The molecule has 3 heteroatoms. The molecule has 0 heterocycles. The molecule has 1 aromatic rings. The first-order valence-electron chi connectivity index (χ1n) is 5.14. The van der Waals surface area contributed by atoms with E-state index in [0.29, 0.717) is 0 Å². The summed E-state index contributed by atoms with van der Waals surface area (Å²) >= 11 is 0. The van der Waals surface area contributed by atoms with Crippen molar-refractivity contribution in [3.63, 3.8) is 0 Å². The van der Waals surface area contributed by atoms with E-state index in [0.717, 1.165) is 25.3 Å². The molecule has 2 rings (SSSR count). The van der Waals surface area contributed by atoms with Crippen LogP contribution in [0, 0.1) is 11.6 Å². The average Bonchev–Trinajstić information content (AvgIpc) is 2.26. The molecule has 1 atom stereocenters. The van der Waals surface area contributed by atoms with E-state index in [1.165, 1.54) is 6.07 Å². The third-order valence-electron chi connectivity index (χ3n) is 2.55. The Morgan fingerprint density at radius 3 is 2.87 bits per heavy atom. The van der Waals surface area contributed by atoms with Crippen molar-refractivity contribution in [2.45, 2.75) is 25.3 Å². The first-order chi connectivity index (χ1) is 7.27. The van der Waals surface area contributed by atoms with Crippen molar-refractivity contribution < 1.29 is 8.78 Å². The topological polar surface area (TPSA) is 12.0 Å². The van der Waals surface area contributed by atoms with E-state index in [1.807, 2.05) is 6.08 Å². The lowest BCUT2D eigenvalue weighted by Crippen LogP contribution is -2.19. The van der Waals surface area contributed by atoms with Crippen LogP contribution in [0.5, 0.6) is 0 Å². The van der Waals surface area contributed by atoms with E-state index in [1.54, 1.807) is 6.07 Å². The molecule has 0 radical (unpaired) electrons. The van der Waals surface area contributed by atoms with Crippen molar-refractivity contribution in [2.75, 3.05) is 5.32 Å². The second kappa shape index (κ2) is 4.43. The molecule has 0 saturated heterocycles. The molecule has 1 aromatic carbocycles. The highest BCUT2D eigenvalue weighted by molar-refractivity contribution is 5.46. The number of rotatable bonds is 2. The van der Waals surface area contributed by atoms with Gasteiger partial charge in [0.25, 0.3) is 0 Å². The molecule has 0 aromatic heterocycles. The van der Waals surface area contributed by atoms with Gasteiger partial charge in [0, 0.05) is 6.04 Å². The zero-order valence-corrected chi connectivity index (χ0v) is 8.34. The summed E-state index contributed by atoms with van der Waals surface area (Å²) < 4.78 is 26.2. The van der Waals surface area contributed by atoms with Crippen molar-refractivity contribution >= 4 is 5.69 Å². The summed E-state index contributed by atoms with van der Waals surface area (Å²) in [5.74, 6) is -1.60. The summed E-state index contributed by atoms with van der Waals surface area (Å²) in [4.78, 5) is 0. The van der Waals surface area contributed by atoms with E-state index in [4.69, 9.17) is 0 Å². The minimum absolute atomic E-state index is 0.120. The lowest BCUT2D eigenvalue weighted by Gasteiger charge is -2.19. The molecular formula is C12H13F2N. The minimum Gasteiger partial charge on any atom is -0.376 e. The van der Waals surface area contributed by atoms with Crippen LogP contribution in [-0.4, -0.2) is 6.04 Å². The van der Waals surface area contributed by atoms with Gasteiger partial charge in [0.05, 0.1) is 5.69 Å². The molecule has 1 N–H and O–H groups in total. The van der Waals surface area contributed by atoms with E-state index in [-0.39, 0.29) is 11.7 Å². The molecule has 0 bridgehead atoms. The van der Waals surface area contributed by atoms with Crippen LogP contribution in [0.1, 0.15) is 19.3 Å². The molecule has 1 aliphatic carbocycles. The average molecular weight is 209 g/mol. The molecule has 0 amide bonds. The number of allylic oxidation sites excluding steroid dienone is 1. The van der Waals surface area contributed by atoms with Gasteiger partial charge in [0.2, 0.25) is 0 Å². The van der Waals surface area contributed by atoms with E-state index in [9.17, 15) is 8.78 Å². The summed E-state index contributed by atoms with van der Waals surface area (Å²) in [7, 11) is 0. The Labute approximate surface area is 87.8 Å². The Balaban J connectivity index is 2.13. The van der Waals surface area contributed by atoms with Crippen LogP contribution in [0.4, 0.5) is 14.5 Å². The molecule has 80 valence electrons. The Bertz CT molecular complexity index is 374. The number of hydrogen-bond acceptors (Lipinski definition) is 1. The van der Waals surface area contributed by atoms with Gasteiger partial charge < -0.3 is 5.32 Å². The Kier molecular flexibility index (Phi) is 2.99. The zero-order valence-electron chi connectivity index (χ0n) is 8.34. The number of anilines is 1. The third kappa shape index (κ3) is 2.35. The van der Waals surface area contributed by atoms with Crippen molar-refractivity contribution in [1.29, 1.82) is 0 Å². The summed E-state index contributed by atoms with van der Waals surface area (Å²) in [6.07, 6.45) is 7.20. The monoisotopic (exact) mass is 209 g/mol. The SMILES string of the molecule is Fc1cccc(NC2C=CCCC2)c1F. The van der Waals surface area contributed by atoms with Gasteiger partial charge >= 0.3 is 0 Å². The van der Waals surface area contributed by atoms with Crippen LogP contribution in [-0.2, 0) is 0 Å². The molecule has 0 saturated carbocycles. The summed E-state index contributed by atoms with van der Waals surface area (Å²) in [5.41, 5.74) is 0.242. The molecule has 0 fully saturated rings. The van der Waals surface area contributed by atoms with Crippen LogP contribution >= 0.6 is 0 Å². The molecule has 0 spiro atoms. The predicted molar refractivity (Wildman–Crippen MR) is 56.8 cm³/mol. The van der Waals surface area contributed by atoms with Gasteiger partial charge in [-0.1, -0.05) is 18.2 Å². The normalized spacial score (nSPS) is 20.3. The maximum Gasteiger partial charge on any atom is 0.181 e. The third-order valence-corrected chi connectivity index (χ3v) is 2.55. The fourth-order valence-corrected chi connectivity index (χ4v) is 1.75. The van der Waals surface area contributed by atoms with Crippen molar-refractivity contribution in [3.05, 3.63) is 42.0 Å². The fourth-order valence-electron chi connectivity index (χ4n) is 1.75. The van der Waals surface area contributed by atoms with Crippen LogP contribution in [0.25, 0.3) is 0 Å². The Morgan fingerprint density at radius 2 is 2.13 bits per heavy atom. The molecular weight excluding hydrogens is 196 g/mol. The maximum atomic E-state index is 13.3. The molecule has 1 aliphatic rings. The number of halogens is 2. The van der Waals surface area contributed by atoms with Crippen molar-refractivity contribution in [1.82, 2.24) is 0 Å². The number of nitrogens with one attached hydrogen (secondary N) is 1. The first kappa shape index (κ1) is 10.1. The molecule has 0 aliphatic heterocycles. The highest BCUT2D eigenvalue weighted by atomic mass is 19.2. The largest absolute Gasteiger partial charge is 0.376 e. The van der Waals surface area contributed by atoms with Gasteiger partial charge in [0.15, 0.2) is 11.6 Å². The van der Waals surface area contributed by atoms with Crippen LogP contribution in [0.15, 0.2) is 30.4 Å². The van der Waals surface area contributed by atoms with E-state index < -0.39 is 11.6 Å². The predicted octanol–water partition coefficient (Wildman–Crippen LogP) is 3.49. The van der Waals surface area contributed by atoms with Gasteiger partial charge in [-0.25, -0.2) is 8.78 Å². The van der Waals surface area contributed by atoms with Gasteiger partial charge in [-0.05, 0) is 31.4 Å².